The molecule has 0 aromatic carbocycles. The van der Waals surface area contributed by atoms with Crippen molar-refractivity contribution in [2.24, 2.45) is 17.3 Å². The molecule has 3 heteroatoms. The van der Waals surface area contributed by atoms with E-state index in [2.05, 4.69) is 50.8 Å². The Labute approximate surface area is 201 Å². The third-order valence-corrected chi connectivity index (χ3v) is 8.51. The monoisotopic (exact) mass is 452 g/mol. The van der Waals surface area contributed by atoms with E-state index in [-0.39, 0.29) is 5.41 Å². The first kappa shape index (κ1) is 25.9. The second kappa shape index (κ2) is 10.7. The molecule has 0 bridgehead atoms. The van der Waals surface area contributed by atoms with Crippen LogP contribution in [-0.4, -0.2) is 33.1 Å². The molecule has 2 saturated carbocycles. The zero-order valence-corrected chi connectivity index (χ0v) is 21.1. The van der Waals surface area contributed by atoms with Gasteiger partial charge in [0.2, 0.25) is 0 Å². The van der Waals surface area contributed by atoms with Gasteiger partial charge in [-0.05, 0) is 73.3 Å². The summed E-state index contributed by atoms with van der Waals surface area (Å²) in [5, 5.41) is 30.7. The largest absolute Gasteiger partial charge is 0.393 e. The fraction of sp³-hybridized carbons (Fsp3) is 0.600. The van der Waals surface area contributed by atoms with E-state index >= 15 is 0 Å². The van der Waals surface area contributed by atoms with Gasteiger partial charge in [-0.1, -0.05) is 88.0 Å². The molecule has 0 saturated heterocycles. The van der Waals surface area contributed by atoms with Gasteiger partial charge >= 0.3 is 0 Å². The van der Waals surface area contributed by atoms with Crippen LogP contribution in [-0.2, 0) is 0 Å². The molecule has 33 heavy (non-hydrogen) atoms. The average molecular weight is 453 g/mol. The molecule has 0 aromatic heterocycles. The minimum absolute atomic E-state index is 0.173. The first-order valence-electron chi connectivity index (χ1n) is 12.9. The smallest absolute Gasteiger partial charge is 0.0825 e. The van der Waals surface area contributed by atoms with Gasteiger partial charge in [-0.3, -0.25) is 0 Å². The van der Waals surface area contributed by atoms with Gasteiger partial charge in [0.1, 0.15) is 0 Å². The minimum atomic E-state index is -0.704. The molecule has 0 radical (unpaired) electrons. The summed E-state index contributed by atoms with van der Waals surface area (Å²) in [4.78, 5) is 0. The van der Waals surface area contributed by atoms with Gasteiger partial charge in [-0.15, -0.1) is 0 Å². The van der Waals surface area contributed by atoms with Gasteiger partial charge < -0.3 is 15.3 Å². The second-order valence-electron chi connectivity index (χ2n) is 10.6. The Kier molecular flexibility index (Phi) is 8.42. The molecule has 0 aromatic rings. The molecule has 3 nitrogen and oxygen atoms in total. The lowest BCUT2D eigenvalue weighted by atomic mass is 9.62. The van der Waals surface area contributed by atoms with Crippen molar-refractivity contribution in [3.8, 4) is 0 Å². The zero-order valence-electron chi connectivity index (χ0n) is 21.1. The first-order chi connectivity index (χ1) is 15.6. The molecule has 3 N–H and O–H groups in total. The van der Waals surface area contributed by atoms with Gasteiger partial charge in [-0.25, -0.2) is 0 Å². The molecule has 2 fully saturated rings. The highest BCUT2D eigenvalue weighted by molar-refractivity contribution is 5.40. The Morgan fingerprint density at radius 2 is 1.94 bits per heavy atom. The SMILES string of the molecule is C=C1/C(=C/C=C2\CCC[C@]3(C)C([C@@H](C)/C=C/C=C/C(O)(CC)CC)=CC[C@@H]23)C[C@@H](O)C[C@@H]1O. The molecule has 3 rings (SSSR count). The number of fused-ring (bicyclic) bond motifs is 1. The molecular formula is C30H44O3. The lowest BCUT2D eigenvalue weighted by Gasteiger charge is -2.42. The van der Waals surface area contributed by atoms with E-state index in [9.17, 15) is 15.3 Å². The van der Waals surface area contributed by atoms with E-state index in [0.717, 1.165) is 36.8 Å². The zero-order chi connectivity index (χ0) is 24.2. The van der Waals surface area contributed by atoms with Crippen molar-refractivity contribution in [2.45, 2.75) is 96.9 Å². The predicted molar refractivity (Wildman–Crippen MR) is 138 cm³/mol. The normalized spacial score (nSPS) is 34.5. The summed E-state index contributed by atoms with van der Waals surface area (Å²) < 4.78 is 0. The maximum atomic E-state index is 10.4. The maximum absolute atomic E-state index is 10.4. The highest BCUT2D eigenvalue weighted by Crippen LogP contribution is 2.56. The highest BCUT2D eigenvalue weighted by Gasteiger charge is 2.45. The summed E-state index contributed by atoms with van der Waals surface area (Å²) in [7, 11) is 0. The molecule has 5 atom stereocenters. The molecule has 3 aliphatic rings. The maximum Gasteiger partial charge on any atom is 0.0825 e. The third kappa shape index (κ3) is 5.70. The minimum Gasteiger partial charge on any atom is -0.393 e. The van der Waals surface area contributed by atoms with E-state index in [1.54, 1.807) is 0 Å². The van der Waals surface area contributed by atoms with Gasteiger partial charge in [0.25, 0.3) is 0 Å². The summed E-state index contributed by atoms with van der Waals surface area (Å²) in [5.41, 5.74) is 4.22. The van der Waals surface area contributed by atoms with Crippen LogP contribution in [0.15, 0.2) is 71.4 Å². The van der Waals surface area contributed by atoms with Crippen molar-refractivity contribution >= 4 is 0 Å². The summed E-state index contributed by atoms with van der Waals surface area (Å²) >= 11 is 0. The Hall–Kier alpha value is -1.68. The van der Waals surface area contributed by atoms with Crippen LogP contribution in [0.25, 0.3) is 0 Å². The molecule has 0 aliphatic heterocycles. The summed E-state index contributed by atoms with van der Waals surface area (Å²) in [5.74, 6) is 0.878. The van der Waals surface area contributed by atoms with Crippen LogP contribution in [0.1, 0.15) is 79.1 Å². The number of allylic oxidation sites excluding steroid dienone is 8. The third-order valence-electron chi connectivity index (χ3n) is 8.51. The standard InChI is InChI=1S/C30H44O3/c1-6-30(33,7-2)18-9-8-11-21(3)26-15-16-27-23(12-10-17-29(26,27)5)13-14-24-19-25(31)20-28(32)22(24)4/h8-9,11,13-15,18,21,25,27-28,31-33H,4,6-7,10,12,16-17,19-20H2,1-3,5H3/b11-8+,18-9+,23-13+,24-14+/t21-,25+,27-,28-,29+/m0/s1. The molecule has 182 valence electrons. The molecular weight excluding hydrogens is 408 g/mol. The fourth-order valence-electron chi connectivity index (χ4n) is 6.08. The average Bonchev–Trinajstić information content (AvgIpc) is 3.15. The van der Waals surface area contributed by atoms with Crippen molar-refractivity contribution in [2.75, 3.05) is 0 Å². The van der Waals surface area contributed by atoms with Crippen molar-refractivity contribution < 1.29 is 15.3 Å². The van der Waals surface area contributed by atoms with Crippen molar-refractivity contribution in [3.63, 3.8) is 0 Å². The quantitative estimate of drug-likeness (QED) is 0.312. The number of hydrogen-bond acceptors (Lipinski definition) is 3. The number of aliphatic hydroxyl groups is 3. The van der Waals surface area contributed by atoms with E-state index in [1.807, 2.05) is 26.0 Å². The number of rotatable bonds is 7. The van der Waals surface area contributed by atoms with Gasteiger partial charge in [0, 0.05) is 6.42 Å². The van der Waals surface area contributed by atoms with E-state index in [1.165, 1.54) is 24.0 Å². The van der Waals surface area contributed by atoms with Crippen LogP contribution in [0, 0.1) is 17.3 Å². The fourth-order valence-corrected chi connectivity index (χ4v) is 6.08. The second-order valence-corrected chi connectivity index (χ2v) is 10.6. The van der Waals surface area contributed by atoms with E-state index in [4.69, 9.17) is 0 Å². The Morgan fingerprint density at radius 3 is 2.64 bits per heavy atom. The molecule has 0 unspecified atom stereocenters. The lowest BCUT2D eigenvalue weighted by molar-refractivity contribution is 0.0827. The number of hydrogen-bond donors (Lipinski definition) is 3. The van der Waals surface area contributed by atoms with Crippen molar-refractivity contribution in [1.29, 1.82) is 0 Å². The van der Waals surface area contributed by atoms with Crippen LogP contribution < -0.4 is 0 Å². The van der Waals surface area contributed by atoms with Crippen LogP contribution in [0.2, 0.25) is 0 Å². The molecule has 0 amide bonds. The van der Waals surface area contributed by atoms with Gasteiger partial charge in [0.05, 0.1) is 17.8 Å². The van der Waals surface area contributed by atoms with Crippen LogP contribution in [0.5, 0.6) is 0 Å². The molecule has 0 heterocycles. The Bertz CT molecular complexity index is 867. The van der Waals surface area contributed by atoms with E-state index < -0.39 is 17.8 Å². The Morgan fingerprint density at radius 1 is 1.21 bits per heavy atom. The number of aliphatic hydroxyl groups excluding tert-OH is 2. The van der Waals surface area contributed by atoms with Gasteiger partial charge in [0.15, 0.2) is 0 Å². The van der Waals surface area contributed by atoms with Crippen LogP contribution in [0.4, 0.5) is 0 Å². The van der Waals surface area contributed by atoms with Gasteiger partial charge in [-0.2, -0.15) is 0 Å². The van der Waals surface area contributed by atoms with Crippen LogP contribution >= 0.6 is 0 Å². The predicted octanol–water partition coefficient (Wildman–Crippen LogP) is 6.35. The Balaban J connectivity index is 1.73. The van der Waals surface area contributed by atoms with Crippen molar-refractivity contribution in [1.82, 2.24) is 0 Å². The summed E-state index contributed by atoms with van der Waals surface area (Å²) in [6.07, 6.45) is 21.0. The highest BCUT2D eigenvalue weighted by atomic mass is 16.3. The first-order valence-corrected chi connectivity index (χ1v) is 12.9. The molecule has 3 aliphatic carbocycles. The summed E-state index contributed by atoms with van der Waals surface area (Å²) in [6.45, 7) is 12.8. The van der Waals surface area contributed by atoms with Crippen LogP contribution in [0.3, 0.4) is 0 Å². The van der Waals surface area contributed by atoms with E-state index in [0.29, 0.717) is 24.7 Å². The summed E-state index contributed by atoms with van der Waals surface area (Å²) in [6, 6.07) is 0. The molecule has 0 spiro atoms. The topological polar surface area (TPSA) is 60.7 Å². The van der Waals surface area contributed by atoms with Crippen molar-refractivity contribution in [3.05, 3.63) is 71.4 Å². The lowest BCUT2D eigenvalue weighted by Crippen LogP contribution is -2.32.